The van der Waals surface area contributed by atoms with E-state index in [1.54, 1.807) is 42.5 Å². The van der Waals surface area contributed by atoms with E-state index in [4.69, 9.17) is 37.9 Å². The third kappa shape index (κ3) is 5.18. The van der Waals surface area contributed by atoms with Crippen molar-refractivity contribution in [3.63, 3.8) is 0 Å². The van der Waals surface area contributed by atoms with Crippen molar-refractivity contribution in [3.05, 3.63) is 48.5 Å². The maximum absolute atomic E-state index is 11.9. The highest BCUT2D eigenvalue weighted by Gasteiger charge is 2.29. The molecule has 0 aliphatic carbocycles. The third-order valence-electron chi connectivity index (χ3n) is 6.90. The van der Waals surface area contributed by atoms with Crippen molar-refractivity contribution in [1.82, 2.24) is 0 Å². The normalized spacial score (nSPS) is 10.6. The molecule has 2 N–H and O–H groups in total. The molecule has 0 bridgehead atoms. The number of aromatic hydroxyl groups is 2. The highest BCUT2D eigenvalue weighted by Crippen LogP contribution is 2.56. The van der Waals surface area contributed by atoms with Crippen molar-refractivity contribution >= 4 is 0 Å². The zero-order valence-corrected chi connectivity index (χ0v) is 24.8. The van der Waals surface area contributed by atoms with E-state index in [-0.39, 0.29) is 17.2 Å². The summed E-state index contributed by atoms with van der Waals surface area (Å²) in [5.41, 5.74) is 2.30. The number of ether oxygens (including phenoxy) is 8. The number of rotatable bonds is 11. The van der Waals surface area contributed by atoms with Crippen LogP contribution in [0, 0.1) is 0 Å². The van der Waals surface area contributed by atoms with Gasteiger partial charge in [-0.1, -0.05) is 0 Å². The molecule has 0 saturated heterocycles. The van der Waals surface area contributed by atoms with Crippen LogP contribution in [0.15, 0.2) is 48.5 Å². The Hall–Kier alpha value is -5.12. The summed E-state index contributed by atoms with van der Waals surface area (Å²) in [6.07, 6.45) is 0. The summed E-state index contributed by atoms with van der Waals surface area (Å²) in [5.74, 6) is 3.02. The van der Waals surface area contributed by atoms with Crippen molar-refractivity contribution in [3.8, 4) is 90.9 Å². The van der Waals surface area contributed by atoms with Crippen LogP contribution in [-0.4, -0.2) is 67.1 Å². The van der Waals surface area contributed by atoms with Gasteiger partial charge in [0.15, 0.2) is 0 Å². The highest BCUT2D eigenvalue weighted by molar-refractivity contribution is 5.97. The molecule has 4 aromatic rings. The molecular formula is C32H34O10. The van der Waals surface area contributed by atoms with Crippen LogP contribution >= 0.6 is 0 Å². The van der Waals surface area contributed by atoms with Gasteiger partial charge in [0.2, 0.25) is 0 Å². The molecule has 222 valence electrons. The molecule has 42 heavy (non-hydrogen) atoms. The van der Waals surface area contributed by atoms with Gasteiger partial charge in [-0.2, -0.15) is 0 Å². The van der Waals surface area contributed by atoms with Gasteiger partial charge in [-0.3, -0.25) is 0 Å². The summed E-state index contributed by atoms with van der Waals surface area (Å²) in [6.45, 7) is 0. The number of hydrogen-bond acceptors (Lipinski definition) is 10. The van der Waals surface area contributed by atoms with E-state index >= 15 is 0 Å². The minimum Gasteiger partial charge on any atom is -0.507 e. The fourth-order valence-electron chi connectivity index (χ4n) is 4.87. The van der Waals surface area contributed by atoms with Gasteiger partial charge in [0.1, 0.15) is 57.5 Å². The first-order valence-electron chi connectivity index (χ1n) is 12.7. The van der Waals surface area contributed by atoms with E-state index < -0.39 is 0 Å². The zero-order chi connectivity index (χ0) is 30.6. The predicted molar refractivity (Wildman–Crippen MR) is 158 cm³/mol. The van der Waals surface area contributed by atoms with Gasteiger partial charge >= 0.3 is 0 Å². The van der Waals surface area contributed by atoms with Crippen LogP contribution in [0.3, 0.4) is 0 Å². The second-order valence-corrected chi connectivity index (χ2v) is 8.93. The smallest absolute Gasteiger partial charge is 0.142 e. The number of methoxy groups -OCH3 is 8. The van der Waals surface area contributed by atoms with Crippen LogP contribution < -0.4 is 37.9 Å². The van der Waals surface area contributed by atoms with Crippen molar-refractivity contribution in [2.75, 3.05) is 56.9 Å². The average molecular weight is 579 g/mol. The minimum absolute atomic E-state index is 0.0354. The molecule has 0 saturated carbocycles. The molecule has 4 aromatic carbocycles. The lowest BCUT2D eigenvalue weighted by Crippen LogP contribution is -2.01. The number of benzene rings is 4. The summed E-state index contributed by atoms with van der Waals surface area (Å²) in [5, 5.41) is 22.8. The Balaban J connectivity index is 2.15. The Labute approximate surface area is 244 Å². The van der Waals surface area contributed by atoms with Gasteiger partial charge in [-0.15, -0.1) is 0 Å². The van der Waals surface area contributed by atoms with E-state index in [0.717, 1.165) is 0 Å². The average Bonchev–Trinajstić information content (AvgIpc) is 3.03. The zero-order valence-electron chi connectivity index (χ0n) is 24.8. The first kappa shape index (κ1) is 29.9. The van der Waals surface area contributed by atoms with Gasteiger partial charge in [0, 0.05) is 34.9 Å². The number of phenolic OH excluding ortho intramolecular Hbond substituents is 2. The van der Waals surface area contributed by atoms with Crippen LogP contribution in [0.2, 0.25) is 0 Å². The third-order valence-corrected chi connectivity index (χ3v) is 6.90. The molecule has 0 aromatic heterocycles. The maximum atomic E-state index is 11.9. The summed E-state index contributed by atoms with van der Waals surface area (Å²) < 4.78 is 45.3. The molecule has 0 aliphatic rings. The molecular weight excluding hydrogens is 544 g/mol. The van der Waals surface area contributed by atoms with Crippen LogP contribution in [0.5, 0.6) is 57.5 Å². The van der Waals surface area contributed by atoms with E-state index in [2.05, 4.69) is 0 Å². The van der Waals surface area contributed by atoms with Gasteiger partial charge in [-0.25, -0.2) is 0 Å². The summed E-state index contributed by atoms with van der Waals surface area (Å²) >= 11 is 0. The predicted octanol–water partition coefficient (Wildman–Crippen LogP) is 6.17. The summed E-state index contributed by atoms with van der Waals surface area (Å²) in [6, 6.07) is 13.2. The molecule has 4 rings (SSSR count). The lowest BCUT2D eigenvalue weighted by molar-refractivity contribution is 0.376. The van der Waals surface area contributed by atoms with Crippen LogP contribution in [0.25, 0.3) is 33.4 Å². The Kier molecular flexibility index (Phi) is 8.95. The molecule has 10 nitrogen and oxygen atoms in total. The number of hydrogen-bond donors (Lipinski definition) is 2. The van der Waals surface area contributed by atoms with Crippen molar-refractivity contribution in [2.24, 2.45) is 0 Å². The molecule has 0 radical (unpaired) electrons. The monoisotopic (exact) mass is 578 g/mol. The molecule has 0 heterocycles. The van der Waals surface area contributed by atoms with Gasteiger partial charge in [0.25, 0.3) is 0 Å². The fourth-order valence-corrected chi connectivity index (χ4v) is 4.87. The van der Waals surface area contributed by atoms with Crippen LogP contribution in [0.1, 0.15) is 0 Å². The molecule has 0 amide bonds. The Morgan fingerprint density at radius 2 is 0.833 bits per heavy atom. The number of phenols is 2. The Morgan fingerprint density at radius 1 is 0.405 bits per heavy atom. The second kappa shape index (κ2) is 12.6. The summed E-state index contributed by atoms with van der Waals surface area (Å²) in [4.78, 5) is 0. The molecule has 10 heteroatoms. The molecule has 0 aliphatic heterocycles. The minimum atomic E-state index is -0.139. The standard InChI is InChI=1S/C32H34O10/c1-35-17-9-10-23(33)20(11-17)29-26(40-6)16-27(41-7)30(32(29)42-8)22-13-18(36-2)12-21(31(22)34)28-24(38-4)14-19(37-3)15-25(28)39-5/h9-16,33-34H,1-8H3. The molecule has 0 atom stereocenters. The topological polar surface area (TPSA) is 114 Å². The largest absolute Gasteiger partial charge is 0.507 e. The van der Waals surface area contributed by atoms with Gasteiger partial charge < -0.3 is 48.1 Å². The van der Waals surface area contributed by atoms with Crippen molar-refractivity contribution in [2.45, 2.75) is 0 Å². The Morgan fingerprint density at radius 3 is 1.31 bits per heavy atom. The second-order valence-electron chi connectivity index (χ2n) is 8.93. The summed E-state index contributed by atoms with van der Waals surface area (Å²) in [7, 11) is 12.1. The molecule has 0 fully saturated rings. The first-order valence-corrected chi connectivity index (χ1v) is 12.7. The maximum Gasteiger partial charge on any atom is 0.142 e. The quantitative estimate of drug-likeness (QED) is 0.214. The lowest BCUT2D eigenvalue weighted by atomic mass is 9.91. The van der Waals surface area contributed by atoms with E-state index in [0.29, 0.717) is 73.6 Å². The van der Waals surface area contributed by atoms with Crippen LogP contribution in [0.4, 0.5) is 0 Å². The molecule has 0 spiro atoms. The molecule has 0 unspecified atom stereocenters. The van der Waals surface area contributed by atoms with E-state index in [9.17, 15) is 10.2 Å². The lowest BCUT2D eigenvalue weighted by Gasteiger charge is -2.23. The van der Waals surface area contributed by atoms with E-state index in [1.807, 2.05) is 0 Å². The van der Waals surface area contributed by atoms with E-state index in [1.165, 1.54) is 62.9 Å². The highest BCUT2D eigenvalue weighted by atomic mass is 16.5. The fraction of sp³-hybridized carbons (Fsp3) is 0.250. The van der Waals surface area contributed by atoms with Crippen LogP contribution in [-0.2, 0) is 0 Å². The SMILES string of the molecule is COc1cc(OC)c(-c2cc(OC)cc(-c3c(OC)cc(OC)c(-c4cc(OC)ccc4O)c3OC)c2O)c(OC)c1. The Bertz CT molecular complexity index is 1570. The van der Waals surface area contributed by atoms with Crippen molar-refractivity contribution in [1.29, 1.82) is 0 Å². The van der Waals surface area contributed by atoms with Gasteiger partial charge in [0.05, 0.1) is 73.6 Å². The van der Waals surface area contributed by atoms with Crippen molar-refractivity contribution < 1.29 is 48.1 Å². The first-order chi connectivity index (χ1) is 20.3. The van der Waals surface area contributed by atoms with Gasteiger partial charge in [-0.05, 0) is 30.3 Å².